The smallest absolute Gasteiger partial charge is 0.327 e. The third kappa shape index (κ3) is 3.87. The van der Waals surface area contributed by atoms with Crippen molar-refractivity contribution in [2.45, 2.75) is 19.4 Å². The Hall–Kier alpha value is -0.710. The third-order valence-electron chi connectivity index (χ3n) is 1.14. The molecule has 0 aromatic heterocycles. The van der Waals surface area contributed by atoms with Crippen molar-refractivity contribution in [2.75, 3.05) is 5.75 Å². The molecule has 0 rings (SSSR count). The lowest BCUT2D eigenvalue weighted by atomic mass is 10.3. The Balaban J connectivity index is 3.88. The predicted octanol–water partition coefficient (Wildman–Crippen LogP) is -0.104. The summed E-state index contributed by atoms with van der Waals surface area (Å²) >= 11 is 3.77. The van der Waals surface area contributed by atoms with Gasteiger partial charge in [0.25, 0.3) is 0 Å². The van der Waals surface area contributed by atoms with Crippen LogP contribution in [0.5, 0.6) is 0 Å². The molecule has 1 amide bonds. The molecule has 0 heterocycles. The molecular weight excluding hydrogens is 166 g/mol. The van der Waals surface area contributed by atoms with Crippen molar-refractivity contribution in [1.29, 1.82) is 0 Å². The van der Waals surface area contributed by atoms with E-state index in [0.717, 1.165) is 0 Å². The zero-order valence-corrected chi connectivity index (χ0v) is 7.10. The van der Waals surface area contributed by atoms with Crippen molar-refractivity contribution in [1.82, 2.24) is 5.32 Å². The van der Waals surface area contributed by atoms with E-state index >= 15 is 0 Å². The average molecular weight is 177 g/mol. The normalized spacial score (nSPS) is 12.2. The largest absolute Gasteiger partial charge is 0.480 e. The molecule has 0 aromatic carbocycles. The minimum atomic E-state index is -1.05. The Labute approximate surface area is 70.4 Å². The second-order valence-corrected chi connectivity index (χ2v) is 2.36. The van der Waals surface area contributed by atoms with Gasteiger partial charge in [-0.2, -0.15) is 12.6 Å². The molecule has 0 spiro atoms. The molecule has 4 nitrogen and oxygen atoms in total. The highest BCUT2D eigenvalue weighted by molar-refractivity contribution is 7.80. The van der Waals surface area contributed by atoms with Gasteiger partial charge in [-0.25, -0.2) is 4.79 Å². The Morgan fingerprint density at radius 2 is 2.18 bits per heavy atom. The minimum Gasteiger partial charge on any atom is -0.480 e. The molecular formula is C6H11NO3S. The Bertz CT molecular complexity index is 160. The van der Waals surface area contributed by atoms with Gasteiger partial charge in [-0.05, 0) is 0 Å². The fraction of sp³-hybridized carbons (Fsp3) is 0.667. The van der Waals surface area contributed by atoms with Crippen molar-refractivity contribution in [3.05, 3.63) is 0 Å². The predicted molar refractivity (Wildman–Crippen MR) is 43.7 cm³/mol. The second-order valence-electron chi connectivity index (χ2n) is 1.99. The molecule has 0 aromatic rings. The van der Waals surface area contributed by atoms with Crippen LogP contribution in [0, 0.1) is 0 Å². The molecule has 0 bridgehead atoms. The summed E-state index contributed by atoms with van der Waals surface area (Å²) in [5, 5.41) is 10.8. The Morgan fingerprint density at radius 3 is 2.45 bits per heavy atom. The van der Waals surface area contributed by atoms with Gasteiger partial charge in [0.1, 0.15) is 6.04 Å². The van der Waals surface area contributed by atoms with Crippen LogP contribution in [0.15, 0.2) is 0 Å². The molecule has 64 valence electrons. The lowest BCUT2D eigenvalue weighted by molar-refractivity contribution is -0.141. The molecule has 5 heteroatoms. The molecule has 0 aliphatic heterocycles. The van der Waals surface area contributed by atoms with E-state index in [0.29, 0.717) is 0 Å². The zero-order valence-electron chi connectivity index (χ0n) is 6.20. The summed E-state index contributed by atoms with van der Waals surface area (Å²) in [4.78, 5) is 21.0. The first-order valence-corrected chi connectivity index (χ1v) is 3.88. The van der Waals surface area contributed by atoms with Gasteiger partial charge >= 0.3 is 5.97 Å². The molecule has 2 N–H and O–H groups in total. The van der Waals surface area contributed by atoms with E-state index in [1.54, 1.807) is 6.92 Å². The summed E-state index contributed by atoms with van der Waals surface area (Å²) in [5.41, 5.74) is 0. The van der Waals surface area contributed by atoms with Crippen LogP contribution in [0.4, 0.5) is 0 Å². The maximum atomic E-state index is 10.7. The average Bonchev–Trinajstić information content (AvgIpc) is 1.99. The SMILES string of the molecule is CCC(=O)NC(CS)C(=O)O. The van der Waals surface area contributed by atoms with Crippen molar-refractivity contribution in [2.24, 2.45) is 0 Å². The monoisotopic (exact) mass is 177 g/mol. The van der Waals surface area contributed by atoms with Crippen molar-refractivity contribution in [3.63, 3.8) is 0 Å². The molecule has 0 aliphatic rings. The highest BCUT2D eigenvalue weighted by Gasteiger charge is 2.16. The fourth-order valence-electron chi connectivity index (χ4n) is 0.482. The van der Waals surface area contributed by atoms with Crippen LogP contribution in [-0.2, 0) is 9.59 Å². The maximum Gasteiger partial charge on any atom is 0.327 e. The molecule has 0 fully saturated rings. The van der Waals surface area contributed by atoms with Crippen LogP contribution in [0.1, 0.15) is 13.3 Å². The number of amides is 1. The van der Waals surface area contributed by atoms with Crippen LogP contribution in [0.25, 0.3) is 0 Å². The summed E-state index contributed by atoms with van der Waals surface area (Å²) in [6.07, 6.45) is 0.289. The standard InChI is InChI=1S/C6H11NO3S/c1-2-5(8)7-4(3-11)6(9)10/h4,11H,2-3H2,1H3,(H,7,8)(H,9,10). The van der Waals surface area contributed by atoms with Gasteiger partial charge in [0.15, 0.2) is 0 Å². The van der Waals surface area contributed by atoms with E-state index in [4.69, 9.17) is 5.11 Å². The van der Waals surface area contributed by atoms with Gasteiger partial charge in [-0.1, -0.05) is 6.92 Å². The number of nitrogens with one attached hydrogen (secondary N) is 1. The number of thiol groups is 1. The molecule has 0 saturated heterocycles. The van der Waals surface area contributed by atoms with E-state index in [1.807, 2.05) is 0 Å². The number of rotatable bonds is 4. The van der Waals surface area contributed by atoms with Crippen LogP contribution in [0.3, 0.4) is 0 Å². The molecule has 0 radical (unpaired) electrons. The molecule has 0 saturated carbocycles. The van der Waals surface area contributed by atoms with Crippen molar-refractivity contribution >= 4 is 24.5 Å². The molecule has 0 aliphatic carbocycles. The Morgan fingerprint density at radius 1 is 1.64 bits per heavy atom. The van der Waals surface area contributed by atoms with Gasteiger partial charge < -0.3 is 10.4 Å². The number of hydrogen-bond acceptors (Lipinski definition) is 3. The van der Waals surface area contributed by atoms with Gasteiger partial charge in [0.2, 0.25) is 5.91 Å². The topological polar surface area (TPSA) is 66.4 Å². The zero-order chi connectivity index (χ0) is 8.85. The van der Waals surface area contributed by atoms with E-state index in [1.165, 1.54) is 0 Å². The van der Waals surface area contributed by atoms with Crippen LogP contribution < -0.4 is 5.32 Å². The summed E-state index contributed by atoms with van der Waals surface area (Å²) in [6, 6.07) is -0.870. The van der Waals surface area contributed by atoms with Crippen LogP contribution >= 0.6 is 12.6 Å². The number of carbonyl (C=O) groups is 2. The Kier molecular flexibility index (Phi) is 4.69. The summed E-state index contributed by atoms with van der Waals surface area (Å²) in [6.45, 7) is 1.66. The second kappa shape index (κ2) is 5.01. The van der Waals surface area contributed by atoms with Gasteiger partial charge in [-0.3, -0.25) is 4.79 Å². The number of carboxylic acid groups (broad SMARTS) is 1. The maximum absolute atomic E-state index is 10.7. The molecule has 1 atom stereocenters. The van der Waals surface area contributed by atoms with Gasteiger partial charge in [-0.15, -0.1) is 0 Å². The van der Waals surface area contributed by atoms with Crippen LogP contribution in [-0.4, -0.2) is 28.8 Å². The first-order valence-electron chi connectivity index (χ1n) is 3.24. The highest BCUT2D eigenvalue weighted by atomic mass is 32.1. The molecule has 11 heavy (non-hydrogen) atoms. The van der Waals surface area contributed by atoms with E-state index in [2.05, 4.69) is 17.9 Å². The summed E-state index contributed by atoms with van der Waals surface area (Å²) < 4.78 is 0. The fourth-order valence-corrected chi connectivity index (χ4v) is 0.729. The lowest BCUT2D eigenvalue weighted by Crippen LogP contribution is -2.41. The van der Waals surface area contributed by atoms with Crippen molar-refractivity contribution in [3.8, 4) is 0 Å². The minimum absolute atomic E-state index is 0.112. The van der Waals surface area contributed by atoms with Gasteiger partial charge in [0.05, 0.1) is 0 Å². The number of hydrogen-bond donors (Lipinski definition) is 3. The number of carboxylic acids is 1. The number of carbonyl (C=O) groups excluding carboxylic acids is 1. The van der Waals surface area contributed by atoms with Crippen molar-refractivity contribution < 1.29 is 14.7 Å². The van der Waals surface area contributed by atoms with Crippen LogP contribution in [0.2, 0.25) is 0 Å². The third-order valence-corrected chi connectivity index (χ3v) is 1.50. The quantitative estimate of drug-likeness (QED) is 0.525. The summed E-state index contributed by atoms with van der Waals surface area (Å²) in [5.74, 6) is -1.21. The van der Waals surface area contributed by atoms with E-state index in [-0.39, 0.29) is 18.1 Å². The van der Waals surface area contributed by atoms with E-state index in [9.17, 15) is 9.59 Å². The first kappa shape index (κ1) is 10.3. The lowest BCUT2D eigenvalue weighted by Gasteiger charge is -2.09. The van der Waals surface area contributed by atoms with E-state index < -0.39 is 12.0 Å². The van der Waals surface area contributed by atoms with Gasteiger partial charge in [0, 0.05) is 12.2 Å². The molecule has 1 unspecified atom stereocenters. The first-order chi connectivity index (χ1) is 5.11. The highest BCUT2D eigenvalue weighted by Crippen LogP contribution is 1.89. The number of aliphatic carboxylic acids is 1. The summed E-state index contributed by atoms with van der Waals surface area (Å²) in [7, 11) is 0.